The van der Waals surface area contributed by atoms with Gasteiger partial charge in [-0.3, -0.25) is 4.79 Å². The number of phenols is 1. The van der Waals surface area contributed by atoms with Crippen molar-refractivity contribution in [1.82, 2.24) is 19.9 Å². The molecule has 0 bridgehead atoms. The van der Waals surface area contributed by atoms with Crippen LogP contribution in [0.25, 0.3) is 33.5 Å². The van der Waals surface area contributed by atoms with Crippen molar-refractivity contribution in [2.75, 3.05) is 20.2 Å². The molecule has 2 aromatic carbocycles. The van der Waals surface area contributed by atoms with Gasteiger partial charge >= 0.3 is 0 Å². The van der Waals surface area contributed by atoms with Crippen LogP contribution in [0, 0.1) is 17.2 Å². The molecule has 2 aromatic heterocycles. The van der Waals surface area contributed by atoms with Gasteiger partial charge < -0.3 is 19.7 Å². The second kappa shape index (κ2) is 8.87. The van der Waals surface area contributed by atoms with Gasteiger partial charge in [0.15, 0.2) is 0 Å². The second-order valence-corrected chi connectivity index (χ2v) is 8.31. The zero-order valence-corrected chi connectivity index (χ0v) is 18.7. The standard InChI is InChI=1S/C26H23N5O3/c1-34-25-19(3-2-10-28-25)17-5-7-23(32)20(13-17)24-29-21-6-4-18(14-22(21)30-24)26(33)31-11-8-16(15-27)9-12-31/h2-7,10,13-14,16,32H,8-9,11-12H2,1H3,(H,29,30). The number of hydrogen-bond donors (Lipinski definition) is 2. The summed E-state index contributed by atoms with van der Waals surface area (Å²) in [6, 6.07) is 16.6. The number of H-pyrrole nitrogens is 1. The van der Waals surface area contributed by atoms with Crippen LogP contribution in [0.3, 0.4) is 0 Å². The number of carbonyl (C=O) groups excluding carboxylic acids is 1. The highest BCUT2D eigenvalue weighted by Gasteiger charge is 2.24. The number of phenolic OH excluding ortho intramolecular Hbond substituents is 1. The van der Waals surface area contributed by atoms with E-state index in [9.17, 15) is 9.90 Å². The third-order valence-corrected chi connectivity index (χ3v) is 6.22. The molecule has 0 atom stereocenters. The van der Waals surface area contributed by atoms with Crippen molar-refractivity contribution in [3.05, 3.63) is 60.3 Å². The topological polar surface area (TPSA) is 115 Å². The van der Waals surface area contributed by atoms with Crippen LogP contribution in [0.4, 0.5) is 0 Å². The minimum absolute atomic E-state index is 0.0248. The molecule has 2 N–H and O–H groups in total. The normalized spacial score (nSPS) is 14.2. The Hall–Kier alpha value is -4.38. The number of piperidine rings is 1. The Bertz CT molecular complexity index is 1410. The molecule has 5 rings (SSSR count). The molecule has 1 aliphatic heterocycles. The van der Waals surface area contributed by atoms with Crippen molar-refractivity contribution < 1.29 is 14.6 Å². The first-order valence-electron chi connectivity index (χ1n) is 11.1. The van der Waals surface area contributed by atoms with E-state index in [-0.39, 0.29) is 17.6 Å². The molecule has 4 aromatic rings. The van der Waals surface area contributed by atoms with E-state index in [0.717, 1.165) is 11.1 Å². The number of amides is 1. The Kier molecular flexibility index (Phi) is 5.60. The van der Waals surface area contributed by atoms with Crippen LogP contribution >= 0.6 is 0 Å². The maximum absolute atomic E-state index is 13.0. The minimum Gasteiger partial charge on any atom is -0.507 e. The lowest BCUT2D eigenvalue weighted by Crippen LogP contribution is -2.38. The monoisotopic (exact) mass is 453 g/mol. The molecule has 1 amide bonds. The van der Waals surface area contributed by atoms with Crippen molar-refractivity contribution in [2.24, 2.45) is 5.92 Å². The van der Waals surface area contributed by atoms with Gasteiger partial charge in [0.2, 0.25) is 5.88 Å². The number of aromatic nitrogens is 3. The Labute approximate surface area is 196 Å². The molecule has 0 saturated carbocycles. The number of carbonyl (C=O) groups is 1. The lowest BCUT2D eigenvalue weighted by atomic mass is 9.98. The lowest BCUT2D eigenvalue weighted by molar-refractivity contribution is 0.0707. The van der Waals surface area contributed by atoms with Gasteiger partial charge in [-0.25, -0.2) is 9.97 Å². The molecule has 0 aliphatic carbocycles. The van der Waals surface area contributed by atoms with E-state index < -0.39 is 0 Å². The molecule has 8 nitrogen and oxygen atoms in total. The number of benzene rings is 2. The molecule has 170 valence electrons. The largest absolute Gasteiger partial charge is 0.507 e. The van der Waals surface area contributed by atoms with Gasteiger partial charge in [0, 0.05) is 36.3 Å². The number of pyridine rings is 1. The summed E-state index contributed by atoms with van der Waals surface area (Å²) in [5, 5.41) is 19.6. The number of methoxy groups -OCH3 is 1. The summed E-state index contributed by atoms with van der Waals surface area (Å²) in [5.74, 6) is 1.05. The first kappa shape index (κ1) is 21.5. The van der Waals surface area contributed by atoms with E-state index in [1.54, 1.807) is 48.5 Å². The number of nitrogens with zero attached hydrogens (tertiary/aromatic N) is 4. The number of imidazole rings is 1. The van der Waals surface area contributed by atoms with Gasteiger partial charge in [-0.2, -0.15) is 5.26 Å². The van der Waals surface area contributed by atoms with Crippen LogP contribution in [0.15, 0.2) is 54.7 Å². The van der Waals surface area contributed by atoms with Crippen LogP contribution in [-0.2, 0) is 0 Å². The summed E-state index contributed by atoms with van der Waals surface area (Å²) in [4.78, 5) is 26.9. The van der Waals surface area contributed by atoms with Crippen LogP contribution in [0.1, 0.15) is 23.2 Å². The molecule has 0 unspecified atom stereocenters. The van der Waals surface area contributed by atoms with E-state index in [2.05, 4.69) is 21.0 Å². The predicted molar refractivity (Wildman–Crippen MR) is 127 cm³/mol. The highest BCUT2D eigenvalue weighted by Crippen LogP contribution is 2.35. The van der Waals surface area contributed by atoms with Gasteiger partial charge in [0.05, 0.1) is 29.8 Å². The van der Waals surface area contributed by atoms with Crippen molar-refractivity contribution in [2.45, 2.75) is 12.8 Å². The first-order valence-corrected chi connectivity index (χ1v) is 11.1. The molecule has 1 saturated heterocycles. The summed E-state index contributed by atoms with van der Waals surface area (Å²) >= 11 is 0. The SMILES string of the molecule is COc1ncccc1-c1ccc(O)c(-c2nc3ccc(C(=O)N4CCC(C#N)CC4)cc3[nH]2)c1. The molecule has 34 heavy (non-hydrogen) atoms. The van der Waals surface area contributed by atoms with Gasteiger partial charge in [-0.1, -0.05) is 6.07 Å². The highest BCUT2D eigenvalue weighted by molar-refractivity contribution is 5.98. The van der Waals surface area contributed by atoms with Crippen molar-refractivity contribution in [3.63, 3.8) is 0 Å². The third-order valence-electron chi connectivity index (χ3n) is 6.22. The Balaban J connectivity index is 1.46. The molecular formula is C26H23N5O3. The molecule has 8 heteroatoms. The maximum Gasteiger partial charge on any atom is 0.253 e. The minimum atomic E-state index is -0.0528. The number of rotatable bonds is 4. The van der Waals surface area contributed by atoms with Gasteiger partial charge in [-0.15, -0.1) is 0 Å². The first-order chi connectivity index (χ1) is 16.6. The van der Waals surface area contributed by atoms with Crippen molar-refractivity contribution in [1.29, 1.82) is 5.26 Å². The van der Waals surface area contributed by atoms with E-state index in [4.69, 9.17) is 10.00 Å². The third kappa shape index (κ3) is 3.92. The van der Waals surface area contributed by atoms with E-state index in [1.807, 2.05) is 18.2 Å². The summed E-state index contributed by atoms with van der Waals surface area (Å²) in [7, 11) is 1.57. The molecule has 1 fully saturated rings. The van der Waals surface area contributed by atoms with E-state index >= 15 is 0 Å². The number of nitriles is 1. The second-order valence-electron chi connectivity index (χ2n) is 8.31. The summed E-state index contributed by atoms with van der Waals surface area (Å²) in [6.07, 6.45) is 3.07. The van der Waals surface area contributed by atoms with Gasteiger partial charge in [0.25, 0.3) is 5.91 Å². The number of nitrogens with one attached hydrogen (secondary N) is 1. The number of likely N-dealkylation sites (tertiary alicyclic amines) is 1. The number of fused-ring (bicyclic) bond motifs is 1. The van der Waals surface area contributed by atoms with Crippen LogP contribution in [0.5, 0.6) is 11.6 Å². The smallest absolute Gasteiger partial charge is 0.253 e. The summed E-state index contributed by atoms with van der Waals surface area (Å²) < 4.78 is 5.37. The van der Waals surface area contributed by atoms with E-state index in [0.29, 0.717) is 59.8 Å². The fraction of sp³-hybridized carbons (Fsp3) is 0.231. The molecule has 0 spiro atoms. The molecule has 0 radical (unpaired) electrons. The zero-order chi connectivity index (χ0) is 23.7. The average molecular weight is 454 g/mol. The fourth-order valence-corrected chi connectivity index (χ4v) is 4.33. The summed E-state index contributed by atoms with van der Waals surface area (Å²) in [6.45, 7) is 1.17. The zero-order valence-electron chi connectivity index (χ0n) is 18.7. The van der Waals surface area contributed by atoms with Crippen LogP contribution < -0.4 is 4.74 Å². The van der Waals surface area contributed by atoms with Crippen LogP contribution in [0.2, 0.25) is 0 Å². The van der Waals surface area contributed by atoms with Gasteiger partial charge in [-0.05, 0) is 60.9 Å². The summed E-state index contributed by atoms with van der Waals surface area (Å²) in [5.41, 5.74) is 4.13. The lowest BCUT2D eigenvalue weighted by Gasteiger charge is -2.29. The molecule has 3 heterocycles. The number of aromatic amines is 1. The average Bonchev–Trinajstić information content (AvgIpc) is 3.32. The highest BCUT2D eigenvalue weighted by atomic mass is 16.5. The maximum atomic E-state index is 13.0. The van der Waals surface area contributed by atoms with Gasteiger partial charge in [0.1, 0.15) is 11.6 Å². The van der Waals surface area contributed by atoms with E-state index in [1.165, 1.54) is 0 Å². The molecule has 1 aliphatic rings. The fourth-order valence-electron chi connectivity index (χ4n) is 4.33. The Morgan fingerprint density at radius 3 is 2.76 bits per heavy atom. The Morgan fingerprint density at radius 1 is 1.18 bits per heavy atom. The Morgan fingerprint density at radius 2 is 2.00 bits per heavy atom. The van der Waals surface area contributed by atoms with Crippen molar-refractivity contribution >= 4 is 16.9 Å². The van der Waals surface area contributed by atoms with Crippen molar-refractivity contribution in [3.8, 4) is 40.2 Å². The quantitative estimate of drug-likeness (QED) is 0.474. The van der Waals surface area contributed by atoms with Crippen LogP contribution in [-0.4, -0.2) is 51.1 Å². The predicted octanol–water partition coefficient (Wildman–Crippen LogP) is 4.38. The number of ether oxygens (including phenoxy) is 1. The number of aromatic hydroxyl groups is 1. The molecular weight excluding hydrogens is 430 g/mol. The number of hydrogen-bond acceptors (Lipinski definition) is 6.